The van der Waals surface area contributed by atoms with Crippen molar-refractivity contribution in [2.75, 3.05) is 13.7 Å². The molecule has 3 nitrogen and oxygen atoms in total. The molecule has 0 aromatic rings. The number of rotatable bonds is 5. The van der Waals surface area contributed by atoms with E-state index in [0.717, 1.165) is 32.3 Å². The van der Waals surface area contributed by atoms with Crippen LogP contribution in [-0.2, 0) is 9.47 Å². The zero-order chi connectivity index (χ0) is 15.0. The van der Waals surface area contributed by atoms with E-state index in [9.17, 15) is 5.11 Å². The van der Waals surface area contributed by atoms with Crippen molar-refractivity contribution in [1.82, 2.24) is 0 Å². The van der Waals surface area contributed by atoms with Crippen LogP contribution in [0.15, 0.2) is 11.6 Å². The van der Waals surface area contributed by atoms with Crippen molar-refractivity contribution in [3.8, 4) is 0 Å². The Hall–Kier alpha value is -0.380. The molecule has 2 fully saturated rings. The van der Waals surface area contributed by atoms with E-state index >= 15 is 0 Å². The fourth-order valence-electron chi connectivity index (χ4n) is 3.99. The maximum atomic E-state index is 10.3. The van der Waals surface area contributed by atoms with E-state index < -0.39 is 0 Å². The van der Waals surface area contributed by atoms with Crippen molar-refractivity contribution >= 4 is 0 Å². The number of aliphatic hydroxyl groups is 1. The monoisotopic (exact) mass is 282 g/mol. The van der Waals surface area contributed by atoms with Gasteiger partial charge in [-0.15, -0.1) is 0 Å². The smallest absolute Gasteiger partial charge is 0.0976 e. The SMILES string of the molecule is COC1C(O)CCC2(CO2)C1C(C)(C)CCC=C(C)C. The summed E-state index contributed by atoms with van der Waals surface area (Å²) in [7, 11) is 1.72. The molecule has 0 aromatic heterocycles. The Balaban J connectivity index is 2.14. The zero-order valence-corrected chi connectivity index (χ0v) is 13.6. The van der Waals surface area contributed by atoms with Gasteiger partial charge in [0, 0.05) is 13.0 Å². The van der Waals surface area contributed by atoms with Crippen molar-refractivity contribution in [2.45, 2.75) is 71.2 Å². The molecule has 1 saturated carbocycles. The second kappa shape index (κ2) is 5.78. The molecular formula is C17H30O3. The summed E-state index contributed by atoms with van der Waals surface area (Å²) in [5.74, 6) is 0.273. The lowest BCUT2D eigenvalue weighted by Gasteiger charge is -2.47. The fraction of sp³-hybridized carbons (Fsp3) is 0.882. The van der Waals surface area contributed by atoms with E-state index in [1.807, 2.05) is 0 Å². The quantitative estimate of drug-likeness (QED) is 0.621. The molecule has 0 bridgehead atoms. The molecule has 3 heteroatoms. The van der Waals surface area contributed by atoms with Crippen LogP contribution in [0.5, 0.6) is 0 Å². The van der Waals surface area contributed by atoms with Crippen molar-refractivity contribution in [3.05, 3.63) is 11.6 Å². The molecule has 1 saturated heterocycles. The Bertz CT molecular complexity index is 364. The van der Waals surface area contributed by atoms with Crippen molar-refractivity contribution in [1.29, 1.82) is 0 Å². The number of methoxy groups -OCH3 is 1. The third-order valence-corrected chi connectivity index (χ3v) is 5.11. The van der Waals surface area contributed by atoms with Gasteiger partial charge in [-0.25, -0.2) is 0 Å². The standard InChI is InChI=1S/C17H30O3/c1-12(2)7-6-9-16(3,4)15-14(19-5)13(18)8-10-17(15)11-20-17/h7,13-15,18H,6,8-11H2,1-5H3. The predicted molar refractivity (Wildman–Crippen MR) is 80.7 cm³/mol. The molecule has 1 spiro atoms. The molecule has 4 atom stereocenters. The van der Waals surface area contributed by atoms with Crippen molar-refractivity contribution < 1.29 is 14.6 Å². The van der Waals surface area contributed by atoms with Gasteiger partial charge in [-0.05, 0) is 44.9 Å². The van der Waals surface area contributed by atoms with E-state index in [4.69, 9.17) is 9.47 Å². The Morgan fingerprint density at radius 3 is 2.60 bits per heavy atom. The first-order chi connectivity index (χ1) is 9.32. The Labute approximate surface area is 123 Å². The molecule has 0 radical (unpaired) electrons. The van der Waals surface area contributed by atoms with Gasteiger partial charge in [0.1, 0.15) is 0 Å². The summed E-state index contributed by atoms with van der Waals surface area (Å²) in [5.41, 5.74) is 1.43. The average molecular weight is 282 g/mol. The summed E-state index contributed by atoms with van der Waals surface area (Å²) >= 11 is 0. The van der Waals surface area contributed by atoms with Gasteiger partial charge in [0.15, 0.2) is 0 Å². The molecule has 2 aliphatic rings. The van der Waals surface area contributed by atoms with Gasteiger partial charge in [0.2, 0.25) is 0 Å². The number of hydrogen-bond acceptors (Lipinski definition) is 3. The van der Waals surface area contributed by atoms with Gasteiger partial charge in [-0.2, -0.15) is 0 Å². The maximum absolute atomic E-state index is 10.3. The van der Waals surface area contributed by atoms with Crippen LogP contribution in [0.1, 0.15) is 53.4 Å². The topological polar surface area (TPSA) is 42.0 Å². The fourth-order valence-corrected chi connectivity index (χ4v) is 3.99. The second-order valence-corrected chi connectivity index (χ2v) is 7.45. The van der Waals surface area contributed by atoms with Gasteiger partial charge < -0.3 is 14.6 Å². The largest absolute Gasteiger partial charge is 0.390 e. The molecule has 1 N–H and O–H groups in total. The molecule has 0 aromatic carbocycles. The van der Waals surface area contributed by atoms with Crippen LogP contribution in [-0.4, -0.2) is 36.6 Å². The molecule has 20 heavy (non-hydrogen) atoms. The lowest BCUT2D eigenvalue weighted by Crippen LogP contribution is -2.54. The predicted octanol–water partition coefficient (Wildman–Crippen LogP) is 3.31. The normalized spacial score (nSPS) is 37.0. The van der Waals surface area contributed by atoms with E-state index in [2.05, 4.69) is 33.8 Å². The summed E-state index contributed by atoms with van der Waals surface area (Å²) < 4.78 is 11.5. The third kappa shape index (κ3) is 3.10. The average Bonchev–Trinajstić information content (AvgIpc) is 3.11. The Morgan fingerprint density at radius 1 is 1.45 bits per heavy atom. The highest BCUT2D eigenvalue weighted by molar-refractivity contribution is 5.11. The minimum Gasteiger partial charge on any atom is -0.390 e. The Kier molecular flexibility index (Phi) is 4.63. The lowest BCUT2D eigenvalue weighted by molar-refractivity contribution is -0.131. The van der Waals surface area contributed by atoms with Crippen molar-refractivity contribution in [2.24, 2.45) is 11.3 Å². The maximum Gasteiger partial charge on any atom is 0.0976 e. The molecule has 1 aliphatic carbocycles. The molecular weight excluding hydrogens is 252 g/mol. The van der Waals surface area contributed by atoms with Gasteiger partial charge in [-0.3, -0.25) is 0 Å². The van der Waals surface area contributed by atoms with Crippen molar-refractivity contribution in [3.63, 3.8) is 0 Å². The lowest BCUT2D eigenvalue weighted by atomic mass is 9.61. The second-order valence-electron chi connectivity index (χ2n) is 7.45. The van der Waals surface area contributed by atoms with Crippen LogP contribution in [0, 0.1) is 11.3 Å². The highest BCUT2D eigenvalue weighted by atomic mass is 16.6. The highest BCUT2D eigenvalue weighted by Gasteiger charge is 2.62. The first kappa shape index (κ1) is 16.0. The summed E-state index contributed by atoms with van der Waals surface area (Å²) in [6.45, 7) is 9.70. The zero-order valence-electron chi connectivity index (χ0n) is 13.6. The third-order valence-electron chi connectivity index (χ3n) is 5.11. The summed E-state index contributed by atoms with van der Waals surface area (Å²) in [5, 5.41) is 10.3. The highest BCUT2D eigenvalue weighted by Crippen LogP contribution is 2.55. The number of epoxide rings is 1. The first-order valence-corrected chi connectivity index (χ1v) is 7.80. The van der Waals surface area contributed by atoms with Crippen LogP contribution >= 0.6 is 0 Å². The number of allylic oxidation sites excluding steroid dienone is 2. The summed E-state index contributed by atoms with van der Waals surface area (Å²) in [6.07, 6.45) is 5.76. The van der Waals surface area contributed by atoms with E-state index in [1.165, 1.54) is 5.57 Å². The molecule has 4 unspecified atom stereocenters. The van der Waals surface area contributed by atoms with Crippen LogP contribution in [0.4, 0.5) is 0 Å². The van der Waals surface area contributed by atoms with Gasteiger partial charge in [0.05, 0.1) is 24.4 Å². The van der Waals surface area contributed by atoms with Crippen LogP contribution < -0.4 is 0 Å². The molecule has 2 rings (SSSR count). The van der Waals surface area contributed by atoms with E-state index in [1.54, 1.807) is 7.11 Å². The molecule has 116 valence electrons. The van der Waals surface area contributed by atoms with Gasteiger partial charge in [-0.1, -0.05) is 25.5 Å². The van der Waals surface area contributed by atoms with E-state index in [0.29, 0.717) is 0 Å². The molecule has 1 heterocycles. The minimum atomic E-state index is -0.359. The van der Waals surface area contributed by atoms with Crippen LogP contribution in [0.3, 0.4) is 0 Å². The van der Waals surface area contributed by atoms with Gasteiger partial charge in [0.25, 0.3) is 0 Å². The number of aliphatic hydroxyl groups excluding tert-OH is 1. The molecule has 1 aliphatic heterocycles. The van der Waals surface area contributed by atoms with Gasteiger partial charge >= 0.3 is 0 Å². The first-order valence-electron chi connectivity index (χ1n) is 7.80. The molecule has 0 amide bonds. The number of hydrogen-bond donors (Lipinski definition) is 1. The summed E-state index contributed by atoms with van der Waals surface area (Å²) in [4.78, 5) is 0. The van der Waals surface area contributed by atoms with Crippen LogP contribution in [0.25, 0.3) is 0 Å². The Morgan fingerprint density at radius 2 is 2.10 bits per heavy atom. The number of ether oxygens (including phenoxy) is 2. The summed E-state index contributed by atoms with van der Waals surface area (Å²) in [6, 6.07) is 0. The van der Waals surface area contributed by atoms with E-state index in [-0.39, 0.29) is 29.1 Å². The van der Waals surface area contributed by atoms with Crippen LogP contribution in [0.2, 0.25) is 0 Å². The minimum absolute atomic E-state index is 0.0334.